The summed E-state index contributed by atoms with van der Waals surface area (Å²) >= 11 is 0. The van der Waals surface area contributed by atoms with Gasteiger partial charge in [-0.05, 0) is 51.0 Å². The molecule has 0 N–H and O–H groups in total. The fourth-order valence-electron chi connectivity index (χ4n) is 3.22. The Morgan fingerprint density at radius 2 is 1.82 bits per heavy atom. The molecule has 0 saturated heterocycles. The average Bonchev–Trinajstić information content (AvgIpc) is 2.61. The summed E-state index contributed by atoms with van der Waals surface area (Å²) in [4.78, 5) is 26.3. The normalized spacial score (nSPS) is 16.1. The van der Waals surface area contributed by atoms with Crippen LogP contribution in [0.5, 0.6) is 5.75 Å². The smallest absolute Gasteiger partial charge is 0.310 e. The van der Waals surface area contributed by atoms with E-state index < -0.39 is 11.7 Å². The highest BCUT2D eigenvalue weighted by Crippen LogP contribution is 2.35. The number of anilines is 1. The van der Waals surface area contributed by atoms with Crippen molar-refractivity contribution in [2.75, 3.05) is 11.4 Å². The average molecular weight is 381 g/mol. The zero-order chi connectivity index (χ0) is 20.3. The lowest BCUT2D eigenvalue weighted by Crippen LogP contribution is -2.43. The molecule has 1 aliphatic rings. The fraction of sp³-hybridized carbons (Fsp3) is 0.391. The van der Waals surface area contributed by atoms with Crippen molar-refractivity contribution < 1.29 is 19.1 Å². The maximum atomic E-state index is 12.2. The van der Waals surface area contributed by atoms with E-state index in [1.807, 2.05) is 57.2 Å². The summed E-state index contributed by atoms with van der Waals surface area (Å²) in [5.41, 5.74) is 2.39. The minimum Gasteiger partial charge on any atom is -0.479 e. The maximum absolute atomic E-state index is 12.2. The second-order valence-corrected chi connectivity index (χ2v) is 8.15. The molecule has 0 radical (unpaired) electrons. The molecular formula is C23H27NO4. The van der Waals surface area contributed by atoms with Crippen molar-refractivity contribution in [2.45, 2.75) is 52.4 Å². The van der Waals surface area contributed by atoms with Crippen LogP contribution in [0.15, 0.2) is 48.5 Å². The molecule has 0 amide bonds. The van der Waals surface area contributed by atoms with Gasteiger partial charge in [0.15, 0.2) is 11.9 Å². The van der Waals surface area contributed by atoms with Crippen LogP contribution in [-0.2, 0) is 27.3 Å². The van der Waals surface area contributed by atoms with E-state index in [0.717, 1.165) is 16.8 Å². The van der Waals surface area contributed by atoms with Crippen LogP contribution in [-0.4, -0.2) is 30.0 Å². The summed E-state index contributed by atoms with van der Waals surface area (Å²) < 4.78 is 11.3. The maximum Gasteiger partial charge on any atom is 0.310 e. The van der Waals surface area contributed by atoms with Crippen molar-refractivity contribution in [3.05, 3.63) is 59.7 Å². The fourth-order valence-corrected chi connectivity index (χ4v) is 3.22. The lowest BCUT2D eigenvalue weighted by atomic mass is 10.1. The van der Waals surface area contributed by atoms with Gasteiger partial charge in [-0.2, -0.15) is 0 Å². The van der Waals surface area contributed by atoms with Gasteiger partial charge in [-0.3, -0.25) is 9.59 Å². The number of fused-ring (bicyclic) bond motifs is 1. The van der Waals surface area contributed by atoms with Crippen LogP contribution in [0.3, 0.4) is 0 Å². The van der Waals surface area contributed by atoms with Crippen molar-refractivity contribution in [1.29, 1.82) is 0 Å². The summed E-state index contributed by atoms with van der Waals surface area (Å²) in [6, 6.07) is 15.7. The Balaban J connectivity index is 1.86. The monoisotopic (exact) mass is 381 g/mol. The third kappa shape index (κ3) is 5.12. The van der Waals surface area contributed by atoms with E-state index in [1.165, 1.54) is 0 Å². The molecule has 2 aromatic carbocycles. The molecule has 0 saturated carbocycles. The van der Waals surface area contributed by atoms with E-state index in [-0.39, 0.29) is 18.2 Å². The summed E-state index contributed by atoms with van der Waals surface area (Å²) in [5.74, 6) is 0.400. The summed E-state index contributed by atoms with van der Waals surface area (Å²) in [6.45, 7) is 8.26. The molecule has 148 valence electrons. The van der Waals surface area contributed by atoms with Gasteiger partial charge in [0.2, 0.25) is 0 Å². The number of Topliss-reactive ketones (excluding diaryl/α,β-unsaturated/α-hetero) is 1. The predicted octanol–water partition coefficient (Wildman–Crippen LogP) is 3.93. The van der Waals surface area contributed by atoms with Gasteiger partial charge >= 0.3 is 5.97 Å². The molecule has 1 atom stereocenters. The number of carbonyl (C=O) groups is 2. The predicted molar refractivity (Wildman–Crippen MR) is 109 cm³/mol. The molecule has 0 bridgehead atoms. The minimum absolute atomic E-state index is 0.00143. The van der Waals surface area contributed by atoms with Gasteiger partial charge in [0.1, 0.15) is 11.4 Å². The summed E-state index contributed by atoms with van der Waals surface area (Å²) in [5, 5.41) is 0. The number of carbonyl (C=O) groups excluding carboxylic acids is 2. The number of esters is 1. The van der Waals surface area contributed by atoms with Crippen LogP contribution < -0.4 is 9.64 Å². The Bertz CT molecular complexity index is 855. The molecule has 5 nitrogen and oxygen atoms in total. The first-order valence-corrected chi connectivity index (χ1v) is 9.52. The summed E-state index contributed by atoms with van der Waals surface area (Å²) in [6.07, 6.45) is -0.298. The van der Waals surface area contributed by atoms with Gasteiger partial charge in [-0.25, -0.2) is 0 Å². The lowest BCUT2D eigenvalue weighted by Gasteiger charge is -2.35. The van der Waals surface area contributed by atoms with Gasteiger partial charge < -0.3 is 14.4 Å². The Labute approximate surface area is 166 Å². The van der Waals surface area contributed by atoms with Gasteiger partial charge in [-0.1, -0.05) is 36.4 Å². The Hall–Kier alpha value is -2.82. The highest BCUT2D eigenvalue weighted by atomic mass is 16.6. The van der Waals surface area contributed by atoms with Crippen molar-refractivity contribution in [3.8, 4) is 5.75 Å². The van der Waals surface area contributed by atoms with Crippen LogP contribution in [0.25, 0.3) is 0 Å². The molecule has 5 heteroatoms. The van der Waals surface area contributed by atoms with Gasteiger partial charge in [0.25, 0.3) is 0 Å². The van der Waals surface area contributed by atoms with E-state index in [1.54, 1.807) is 6.92 Å². The molecule has 0 aliphatic carbocycles. The zero-order valence-corrected chi connectivity index (χ0v) is 16.9. The van der Waals surface area contributed by atoms with Crippen molar-refractivity contribution in [3.63, 3.8) is 0 Å². The molecular weight excluding hydrogens is 354 g/mol. The zero-order valence-electron chi connectivity index (χ0n) is 16.9. The first kappa shape index (κ1) is 19.9. The third-order valence-electron chi connectivity index (χ3n) is 4.46. The van der Waals surface area contributed by atoms with Crippen molar-refractivity contribution in [1.82, 2.24) is 0 Å². The Morgan fingerprint density at radius 1 is 1.11 bits per heavy atom. The van der Waals surface area contributed by atoms with Crippen molar-refractivity contribution >= 4 is 17.4 Å². The number of hydrogen-bond donors (Lipinski definition) is 0. The van der Waals surface area contributed by atoms with Crippen LogP contribution in [0.2, 0.25) is 0 Å². The first-order valence-electron chi connectivity index (χ1n) is 9.52. The highest BCUT2D eigenvalue weighted by Gasteiger charge is 2.29. The van der Waals surface area contributed by atoms with E-state index >= 15 is 0 Å². The van der Waals surface area contributed by atoms with E-state index in [2.05, 4.69) is 17.0 Å². The largest absolute Gasteiger partial charge is 0.479 e. The second kappa shape index (κ2) is 8.05. The van der Waals surface area contributed by atoms with Crippen LogP contribution in [0.4, 0.5) is 5.69 Å². The molecule has 28 heavy (non-hydrogen) atoms. The molecule has 0 unspecified atom stereocenters. The number of hydrogen-bond acceptors (Lipinski definition) is 5. The number of ether oxygens (including phenoxy) is 2. The SMILES string of the molecule is CC(=O)[C@H]1CN(Cc2ccccc2)c2cc(CC(=O)OC(C)(C)C)ccc2O1. The molecule has 2 aromatic rings. The van der Waals surface area contributed by atoms with Crippen LogP contribution in [0, 0.1) is 0 Å². The quantitative estimate of drug-likeness (QED) is 0.735. The topological polar surface area (TPSA) is 55.8 Å². The Morgan fingerprint density at radius 3 is 2.46 bits per heavy atom. The van der Waals surface area contributed by atoms with E-state index in [9.17, 15) is 9.59 Å². The molecule has 1 heterocycles. The highest BCUT2D eigenvalue weighted by molar-refractivity contribution is 5.83. The number of ketones is 1. The van der Waals surface area contributed by atoms with E-state index in [4.69, 9.17) is 9.47 Å². The van der Waals surface area contributed by atoms with Gasteiger partial charge in [0, 0.05) is 6.54 Å². The third-order valence-corrected chi connectivity index (χ3v) is 4.46. The van der Waals surface area contributed by atoms with Gasteiger partial charge in [-0.15, -0.1) is 0 Å². The molecule has 1 aliphatic heterocycles. The minimum atomic E-state index is -0.511. The van der Waals surface area contributed by atoms with Crippen molar-refractivity contribution in [2.24, 2.45) is 0 Å². The van der Waals surface area contributed by atoms with Crippen LogP contribution >= 0.6 is 0 Å². The van der Waals surface area contributed by atoms with Crippen LogP contribution in [0.1, 0.15) is 38.8 Å². The first-order chi connectivity index (χ1) is 13.2. The number of nitrogens with zero attached hydrogens (tertiary/aromatic N) is 1. The van der Waals surface area contributed by atoms with E-state index in [0.29, 0.717) is 18.8 Å². The Kier molecular flexibility index (Phi) is 5.73. The second-order valence-electron chi connectivity index (χ2n) is 8.15. The number of rotatable bonds is 5. The molecule has 0 aromatic heterocycles. The standard InChI is InChI=1S/C23H27NO4/c1-16(25)21-15-24(14-17-8-6-5-7-9-17)19-12-18(10-11-20(19)27-21)13-22(26)28-23(2,3)4/h5-12,21H,13-15H2,1-4H3/t21-/m1/s1. The lowest BCUT2D eigenvalue weighted by molar-refractivity contribution is -0.153. The molecule has 0 spiro atoms. The van der Waals surface area contributed by atoms with Gasteiger partial charge in [0.05, 0.1) is 18.7 Å². The summed E-state index contributed by atoms with van der Waals surface area (Å²) in [7, 11) is 0. The molecule has 3 rings (SSSR count). The molecule has 0 fully saturated rings. The number of benzene rings is 2.